The second kappa shape index (κ2) is 6.94. The Morgan fingerprint density at radius 3 is 2.82 bits per heavy atom. The molecule has 0 aromatic carbocycles. The van der Waals surface area contributed by atoms with Crippen molar-refractivity contribution in [2.24, 2.45) is 5.92 Å². The Morgan fingerprint density at radius 1 is 1.27 bits per heavy atom. The van der Waals surface area contributed by atoms with Crippen LogP contribution < -0.4 is 9.64 Å². The van der Waals surface area contributed by atoms with Crippen molar-refractivity contribution >= 4 is 11.7 Å². The summed E-state index contributed by atoms with van der Waals surface area (Å²) in [4.78, 5) is 25.0. The number of ether oxygens (including phenoxy) is 1. The van der Waals surface area contributed by atoms with Gasteiger partial charge in [0, 0.05) is 19.6 Å². The van der Waals surface area contributed by atoms with Crippen molar-refractivity contribution in [2.75, 3.05) is 37.7 Å². The lowest BCUT2D eigenvalue weighted by Crippen LogP contribution is -2.51. The maximum Gasteiger partial charge on any atom is 0.242 e. The third-order valence-corrected chi connectivity index (χ3v) is 4.49. The summed E-state index contributed by atoms with van der Waals surface area (Å²) >= 11 is 0. The second-order valence-corrected chi connectivity index (χ2v) is 6.06. The maximum atomic E-state index is 12.4. The van der Waals surface area contributed by atoms with E-state index in [0.29, 0.717) is 24.9 Å². The van der Waals surface area contributed by atoms with E-state index in [2.05, 4.69) is 9.97 Å². The number of aromatic nitrogens is 2. The van der Waals surface area contributed by atoms with Crippen LogP contribution in [0.5, 0.6) is 5.88 Å². The van der Waals surface area contributed by atoms with Gasteiger partial charge in [0.1, 0.15) is 0 Å². The van der Waals surface area contributed by atoms with Crippen LogP contribution in [0.2, 0.25) is 0 Å². The molecule has 1 amide bonds. The van der Waals surface area contributed by atoms with Crippen molar-refractivity contribution in [3.8, 4) is 5.88 Å². The van der Waals surface area contributed by atoms with E-state index in [1.54, 1.807) is 12.4 Å². The van der Waals surface area contributed by atoms with Gasteiger partial charge in [-0.3, -0.25) is 9.78 Å². The highest BCUT2D eigenvalue weighted by molar-refractivity contribution is 5.82. The van der Waals surface area contributed by atoms with Crippen LogP contribution in [0.1, 0.15) is 32.6 Å². The van der Waals surface area contributed by atoms with Crippen molar-refractivity contribution in [2.45, 2.75) is 32.6 Å². The minimum atomic E-state index is 0.196. The number of hydrogen-bond acceptors (Lipinski definition) is 5. The van der Waals surface area contributed by atoms with Crippen LogP contribution in [0.25, 0.3) is 0 Å². The van der Waals surface area contributed by atoms with E-state index in [9.17, 15) is 4.79 Å². The van der Waals surface area contributed by atoms with Crippen molar-refractivity contribution < 1.29 is 9.53 Å². The average molecular weight is 304 g/mol. The van der Waals surface area contributed by atoms with Gasteiger partial charge in [0.2, 0.25) is 11.8 Å². The lowest BCUT2D eigenvalue weighted by atomic mass is 10.1. The summed E-state index contributed by atoms with van der Waals surface area (Å²) in [6.45, 7) is 5.37. The van der Waals surface area contributed by atoms with Gasteiger partial charge in [0.15, 0.2) is 5.82 Å². The minimum Gasteiger partial charge on any atom is -0.477 e. The van der Waals surface area contributed by atoms with Crippen LogP contribution in [-0.4, -0.2) is 53.6 Å². The smallest absolute Gasteiger partial charge is 0.242 e. The summed E-state index contributed by atoms with van der Waals surface area (Å²) in [6, 6.07) is 0. The largest absolute Gasteiger partial charge is 0.477 e. The van der Waals surface area contributed by atoms with Gasteiger partial charge < -0.3 is 14.5 Å². The first-order chi connectivity index (χ1) is 10.8. The van der Waals surface area contributed by atoms with Crippen LogP contribution in [0.3, 0.4) is 0 Å². The van der Waals surface area contributed by atoms with Crippen LogP contribution in [0, 0.1) is 5.92 Å². The molecule has 1 saturated carbocycles. The molecule has 6 heteroatoms. The number of anilines is 1. The highest BCUT2D eigenvalue weighted by atomic mass is 16.5. The molecule has 0 spiro atoms. The van der Waals surface area contributed by atoms with E-state index in [0.717, 1.165) is 25.5 Å². The molecule has 120 valence electrons. The molecule has 2 fully saturated rings. The summed E-state index contributed by atoms with van der Waals surface area (Å²) in [5.41, 5.74) is 0. The number of carbonyl (C=O) groups excluding carboxylic acids is 1. The quantitative estimate of drug-likeness (QED) is 0.829. The molecule has 1 saturated heterocycles. The standard InChI is InChI=1S/C16H24N4O2/c1-2-22-15-10-17-9-14(18-15)19-7-8-20(16(21)12-19)11-13-5-3-4-6-13/h9-10,13H,2-8,11-12H2,1H3. The Bertz CT molecular complexity index is 517. The Hall–Kier alpha value is -1.85. The lowest BCUT2D eigenvalue weighted by molar-refractivity contribution is -0.131. The second-order valence-electron chi connectivity index (χ2n) is 6.06. The molecule has 1 aliphatic carbocycles. The average Bonchev–Trinajstić information content (AvgIpc) is 3.03. The molecule has 0 unspecified atom stereocenters. The van der Waals surface area contributed by atoms with Gasteiger partial charge in [0.05, 0.1) is 25.5 Å². The van der Waals surface area contributed by atoms with Crippen molar-refractivity contribution in [3.05, 3.63) is 12.4 Å². The fourth-order valence-corrected chi connectivity index (χ4v) is 3.31. The molecular weight excluding hydrogens is 280 g/mol. The summed E-state index contributed by atoms with van der Waals surface area (Å²) < 4.78 is 5.38. The first-order valence-electron chi connectivity index (χ1n) is 8.24. The van der Waals surface area contributed by atoms with E-state index in [4.69, 9.17) is 4.74 Å². The molecule has 0 radical (unpaired) electrons. The normalized spacial score (nSPS) is 19.8. The number of hydrogen-bond donors (Lipinski definition) is 0. The topological polar surface area (TPSA) is 58.6 Å². The first kappa shape index (κ1) is 15.1. The maximum absolute atomic E-state index is 12.4. The van der Waals surface area contributed by atoms with E-state index in [1.165, 1.54) is 25.7 Å². The molecule has 0 atom stereocenters. The number of nitrogens with zero attached hydrogens (tertiary/aromatic N) is 4. The summed E-state index contributed by atoms with van der Waals surface area (Å²) in [6.07, 6.45) is 8.48. The molecule has 0 N–H and O–H groups in total. The Labute approximate surface area is 131 Å². The van der Waals surface area contributed by atoms with Gasteiger partial charge in [-0.2, -0.15) is 4.98 Å². The third-order valence-electron chi connectivity index (χ3n) is 4.49. The van der Waals surface area contributed by atoms with Crippen molar-refractivity contribution in [3.63, 3.8) is 0 Å². The molecule has 1 aromatic rings. The van der Waals surface area contributed by atoms with Crippen LogP contribution in [-0.2, 0) is 4.79 Å². The van der Waals surface area contributed by atoms with Gasteiger partial charge in [-0.05, 0) is 25.7 Å². The number of rotatable bonds is 5. The predicted molar refractivity (Wildman–Crippen MR) is 84.0 cm³/mol. The highest BCUT2D eigenvalue weighted by Crippen LogP contribution is 2.26. The molecule has 2 heterocycles. The van der Waals surface area contributed by atoms with E-state index in [1.807, 2.05) is 16.7 Å². The van der Waals surface area contributed by atoms with Crippen LogP contribution in [0.4, 0.5) is 5.82 Å². The van der Waals surface area contributed by atoms with E-state index >= 15 is 0 Å². The molecular formula is C16H24N4O2. The first-order valence-corrected chi connectivity index (χ1v) is 8.24. The van der Waals surface area contributed by atoms with E-state index in [-0.39, 0.29) is 5.91 Å². The zero-order chi connectivity index (χ0) is 15.4. The van der Waals surface area contributed by atoms with Gasteiger partial charge in [-0.1, -0.05) is 12.8 Å². The Balaban J connectivity index is 1.59. The Morgan fingerprint density at radius 2 is 2.09 bits per heavy atom. The van der Waals surface area contributed by atoms with Crippen molar-refractivity contribution in [1.82, 2.24) is 14.9 Å². The molecule has 22 heavy (non-hydrogen) atoms. The van der Waals surface area contributed by atoms with Crippen LogP contribution in [0.15, 0.2) is 12.4 Å². The highest BCUT2D eigenvalue weighted by Gasteiger charge is 2.28. The van der Waals surface area contributed by atoms with Gasteiger partial charge in [-0.25, -0.2) is 0 Å². The lowest BCUT2D eigenvalue weighted by Gasteiger charge is -2.36. The zero-order valence-corrected chi connectivity index (χ0v) is 13.2. The molecule has 2 aliphatic rings. The SMILES string of the molecule is CCOc1cncc(N2CCN(CC3CCCC3)C(=O)C2)n1. The molecule has 1 aliphatic heterocycles. The molecule has 1 aromatic heterocycles. The number of amides is 1. The van der Waals surface area contributed by atoms with Crippen LogP contribution >= 0.6 is 0 Å². The van der Waals surface area contributed by atoms with Gasteiger partial charge in [-0.15, -0.1) is 0 Å². The molecule has 3 rings (SSSR count). The fourth-order valence-electron chi connectivity index (χ4n) is 3.31. The zero-order valence-electron chi connectivity index (χ0n) is 13.2. The number of carbonyl (C=O) groups is 1. The van der Waals surface area contributed by atoms with E-state index < -0.39 is 0 Å². The summed E-state index contributed by atoms with van der Waals surface area (Å²) in [5.74, 6) is 2.14. The predicted octanol–water partition coefficient (Wildman–Crippen LogP) is 1.71. The van der Waals surface area contributed by atoms with Gasteiger partial charge in [0.25, 0.3) is 0 Å². The van der Waals surface area contributed by atoms with Crippen molar-refractivity contribution in [1.29, 1.82) is 0 Å². The summed E-state index contributed by atoms with van der Waals surface area (Å²) in [7, 11) is 0. The third kappa shape index (κ3) is 3.48. The monoisotopic (exact) mass is 304 g/mol. The Kier molecular flexibility index (Phi) is 4.75. The molecule has 0 bridgehead atoms. The summed E-state index contributed by atoms with van der Waals surface area (Å²) in [5, 5.41) is 0. The minimum absolute atomic E-state index is 0.196. The van der Waals surface area contributed by atoms with Gasteiger partial charge >= 0.3 is 0 Å². The number of piperazine rings is 1. The fraction of sp³-hybridized carbons (Fsp3) is 0.688. The molecule has 6 nitrogen and oxygen atoms in total.